The van der Waals surface area contributed by atoms with E-state index in [1.54, 1.807) is 7.11 Å². The molecule has 0 radical (unpaired) electrons. The van der Waals surface area contributed by atoms with Gasteiger partial charge in [0.1, 0.15) is 5.75 Å². The summed E-state index contributed by atoms with van der Waals surface area (Å²) in [5.41, 5.74) is 3.65. The first-order chi connectivity index (χ1) is 15.6. The summed E-state index contributed by atoms with van der Waals surface area (Å²) in [5.74, 6) is 1.27. The molecule has 0 aliphatic carbocycles. The maximum absolute atomic E-state index is 12.8. The van der Waals surface area contributed by atoms with Crippen molar-refractivity contribution >= 4 is 23.4 Å². The molecule has 6 nitrogen and oxygen atoms in total. The maximum atomic E-state index is 12.8. The van der Waals surface area contributed by atoms with Gasteiger partial charge in [-0.15, -0.1) is 10.2 Å². The normalized spacial score (nSPS) is 11.7. The Bertz CT molecular complexity index is 1210. The van der Waals surface area contributed by atoms with Gasteiger partial charge in [-0.25, -0.2) is 0 Å². The second-order valence-corrected chi connectivity index (χ2v) is 8.60. The number of methoxy groups -OCH3 is 1. The highest BCUT2D eigenvalue weighted by atomic mass is 32.2. The molecule has 0 saturated heterocycles. The minimum atomic E-state index is -0.381. The number of amides is 1. The Balaban J connectivity index is 1.66. The quantitative estimate of drug-likeness (QED) is 0.388. The topological polar surface area (TPSA) is 69.0 Å². The number of thioether (sulfide) groups is 1. The van der Waals surface area contributed by atoms with E-state index in [-0.39, 0.29) is 11.2 Å². The lowest BCUT2D eigenvalue weighted by atomic mass is 10.2. The van der Waals surface area contributed by atoms with Gasteiger partial charge in [-0.05, 0) is 50.2 Å². The second-order valence-electron chi connectivity index (χ2n) is 7.29. The molecule has 1 amide bonds. The predicted molar refractivity (Wildman–Crippen MR) is 128 cm³/mol. The van der Waals surface area contributed by atoms with Crippen molar-refractivity contribution in [3.63, 3.8) is 0 Å². The Morgan fingerprint density at radius 2 is 1.66 bits per heavy atom. The van der Waals surface area contributed by atoms with Gasteiger partial charge in [-0.3, -0.25) is 9.36 Å². The standard InChI is InChI=1S/C25H24N4O2S/c1-17-13-15-19(16-14-17)26-24(30)18(2)32-25-28-27-23(21-11-7-8-12-22(21)31-3)29(25)20-9-5-4-6-10-20/h4-16,18H,1-3H3,(H,26,30). The molecule has 32 heavy (non-hydrogen) atoms. The number of carbonyl (C=O) groups is 1. The van der Waals surface area contributed by atoms with E-state index in [0.717, 1.165) is 22.5 Å². The molecular weight excluding hydrogens is 420 g/mol. The van der Waals surface area contributed by atoms with E-state index in [1.165, 1.54) is 11.8 Å². The van der Waals surface area contributed by atoms with E-state index >= 15 is 0 Å². The summed E-state index contributed by atoms with van der Waals surface area (Å²) < 4.78 is 7.50. The van der Waals surface area contributed by atoms with Crippen molar-refractivity contribution in [2.75, 3.05) is 12.4 Å². The Labute approximate surface area is 191 Å². The van der Waals surface area contributed by atoms with Crippen LogP contribution >= 0.6 is 11.8 Å². The molecular formula is C25H24N4O2S. The minimum absolute atomic E-state index is 0.0969. The van der Waals surface area contributed by atoms with Gasteiger partial charge in [0.05, 0.1) is 17.9 Å². The number of hydrogen-bond donors (Lipinski definition) is 1. The molecule has 0 aliphatic rings. The molecule has 1 unspecified atom stereocenters. The summed E-state index contributed by atoms with van der Waals surface area (Å²) in [6.45, 7) is 3.88. The van der Waals surface area contributed by atoms with E-state index in [4.69, 9.17) is 4.74 Å². The summed E-state index contributed by atoms with van der Waals surface area (Å²) in [6, 6.07) is 25.3. The average molecular weight is 445 g/mol. The van der Waals surface area contributed by atoms with Crippen LogP contribution in [0.4, 0.5) is 5.69 Å². The molecule has 162 valence electrons. The van der Waals surface area contributed by atoms with Gasteiger partial charge in [0.25, 0.3) is 0 Å². The summed E-state index contributed by atoms with van der Waals surface area (Å²) in [7, 11) is 1.63. The van der Waals surface area contributed by atoms with Crippen LogP contribution in [0.1, 0.15) is 12.5 Å². The van der Waals surface area contributed by atoms with Crippen LogP contribution in [0, 0.1) is 6.92 Å². The largest absolute Gasteiger partial charge is 0.496 e. The van der Waals surface area contributed by atoms with E-state index in [0.29, 0.717) is 16.7 Å². The Kier molecular flexibility index (Phi) is 6.56. The number of rotatable bonds is 7. The predicted octanol–water partition coefficient (Wildman–Crippen LogP) is 5.37. The molecule has 0 fully saturated rings. The van der Waals surface area contributed by atoms with Gasteiger partial charge >= 0.3 is 0 Å². The number of ether oxygens (including phenoxy) is 1. The van der Waals surface area contributed by atoms with Gasteiger partial charge in [0.2, 0.25) is 5.91 Å². The first kappa shape index (κ1) is 21.6. The molecule has 4 rings (SSSR count). The monoisotopic (exact) mass is 444 g/mol. The lowest BCUT2D eigenvalue weighted by molar-refractivity contribution is -0.115. The fraction of sp³-hybridized carbons (Fsp3) is 0.160. The Morgan fingerprint density at radius 1 is 0.969 bits per heavy atom. The number of aromatic nitrogens is 3. The van der Waals surface area contributed by atoms with Gasteiger partial charge in [-0.2, -0.15) is 0 Å². The molecule has 1 aromatic heterocycles. The van der Waals surface area contributed by atoms with Crippen LogP contribution < -0.4 is 10.1 Å². The van der Waals surface area contributed by atoms with Crippen LogP contribution in [0.15, 0.2) is 84.0 Å². The fourth-order valence-electron chi connectivity index (χ4n) is 3.25. The average Bonchev–Trinajstić information content (AvgIpc) is 3.24. The molecule has 0 saturated carbocycles. The third kappa shape index (κ3) is 4.68. The van der Waals surface area contributed by atoms with Crippen molar-refractivity contribution in [3.8, 4) is 22.8 Å². The number of carbonyl (C=O) groups excluding carboxylic acids is 1. The van der Waals surface area contributed by atoms with E-state index in [2.05, 4.69) is 15.5 Å². The number of hydrogen-bond acceptors (Lipinski definition) is 5. The van der Waals surface area contributed by atoms with Crippen LogP contribution in [0.2, 0.25) is 0 Å². The van der Waals surface area contributed by atoms with Crippen LogP contribution in [-0.4, -0.2) is 33.0 Å². The Morgan fingerprint density at radius 3 is 2.38 bits per heavy atom. The molecule has 7 heteroatoms. The zero-order chi connectivity index (χ0) is 22.5. The second kappa shape index (κ2) is 9.70. The Hall–Kier alpha value is -3.58. The molecule has 1 N–H and O–H groups in total. The van der Waals surface area contributed by atoms with E-state index < -0.39 is 0 Å². The number of para-hydroxylation sites is 2. The third-order valence-electron chi connectivity index (χ3n) is 4.97. The van der Waals surface area contributed by atoms with Crippen LogP contribution in [0.5, 0.6) is 5.75 Å². The molecule has 0 bridgehead atoms. The first-order valence-electron chi connectivity index (χ1n) is 10.2. The summed E-state index contributed by atoms with van der Waals surface area (Å²) in [5, 5.41) is 12.1. The van der Waals surface area contributed by atoms with Gasteiger partial charge in [0.15, 0.2) is 11.0 Å². The molecule has 0 spiro atoms. The molecule has 4 aromatic rings. The van der Waals surface area contributed by atoms with Crippen molar-refractivity contribution in [2.24, 2.45) is 0 Å². The SMILES string of the molecule is COc1ccccc1-c1nnc(SC(C)C(=O)Nc2ccc(C)cc2)n1-c1ccccc1. The maximum Gasteiger partial charge on any atom is 0.237 e. The highest BCUT2D eigenvalue weighted by molar-refractivity contribution is 8.00. The van der Waals surface area contributed by atoms with Crippen molar-refractivity contribution in [3.05, 3.63) is 84.4 Å². The van der Waals surface area contributed by atoms with Crippen molar-refractivity contribution in [1.29, 1.82) is 0 Å². The number of benzene rings is 3. The smallest absolute Gasteiger partial charge is 0.237 e. The number of nitrogens with one attached hydrogen (secondary N) is 1. The highest BCUT2D eigenvalue weighted by Gasteiger charge is 2.23. The van der Waals surface area contributed by atoms with Crippen molar-refractivity contribution < 1.29 is 9.53 Å². The lowest BCUT2D eigenvalue weighted by Gasteiger charge is -2.15. The van der Waals surface area contributed by atoms with Crippen LogP contribution in [-0.2, 0) is 4.79 Å². The number of anilines is 1. The molecule has 1 atom stereocenters. The third-order valence-corrected chi connectivity index (χ3v) is 6.01. The van der Waals surface area contributed by atoms with E-state index in [9.17, 15) is 4.79 Å². The zero-order valence-corrected chi connectivity index (χ0v) is 19.0. The first-order valence-corrected chi connectivity index (χ1v) is 11.1. The summed E-state index contributed by atoms with van der Waals surface area (Å²) in [4.78, 5) is 12.8. The zero-order valence-electron chi connectivity index (χ0n) is 18.1. The van der Waals surface area contributed by atoms with Crippen LogP contribution in [0.25, 0.3) is 17.1 Å². The lowest BCUT2D eigenvalue weighted by Crippen LogP contribution is -2.22. The number of nitrogens with zero attached hydrogens (tertiary/aromatic N) is 3. The van der Waals surface area contributed by atoms with Crippen molar-refractivity contribution in [2.45, 2.75) is 24.3 Å². The summed E-state index contributed by atoms with van der Waals surface area (Å²) in [6.07, 6.45) is 0. The minimum Gasteiger partial charge on any atom is -0.496 e. The molecule has 1 heterocycles. The van der Waals surface area contributed by atoms with Gasteiger partial charge in [0, 0.05) is 11.4 Å². The van der Waals surface area contributed by atoms with Gasteiger partial charge in [-0.1, -0.05) is 59.8 Å². The highest BCUT2D eigenvalue weighted by Crippen LogP contribution is 2.34. The fourth-order valence-corrected chi connectivity index (χ4v) is 4.12. The van der Waals surface area contributed by atoms with Crippen LogP contribution in [0.3, 0.4) is 0 Å². The molecule has 0 aliphatic heterocycles. The van der Waals surface area contributed by atoms with E-state index in [1.807, 2.05) is 97.3 Å². The molecule has 3 aromatic carbocycles. The summed E-state index contributed by atoms with van der Waals surface area (Å²) >= 11 is 1.36. The van der Waals surface area contributed by atoms with Gasteiger partial charge < -0.3 is 10.1 Å². The van der Waals surface area contributed by atoms with Crippen molar-refractivity contribution in [1.82, 2.24) is 14.8 Å². The number of aryl methyl sites for hydroxylation is 1.